The van der Waals surface area contributed by atoms with E-state index in [1.165, 1.54) is 31.8 Å². The third kappa shape index (κ3) is 3.40. The van der Waals surface area contributed by atoms with Crippen LogP contribution in [0, 0.1) is 6.92 Å². The van der Waals surface area contributed by atoms with Crippen LogP contribution in [0.3, 0.4) is 0 Å². The topological polar surface area (TPSA) is 54.9 Å². The van der Waals surface area contributed by atoms with Crippen molar-refractivity contribution in [1.82, 2.24) is 9.97 Å². The standard InChI is InChI=1S/C15H21N3O/c1-10(13-7-5-4-6-8-13)17-15-16-9-14(12(3)19)11(2)18-15/h7,9-10H,4-6,8H2,1-3H3,(H,16,17,18)/t10-/m0/s1. The number of carbonyl (C=O) groups is 1. The van der Waals surface area contributed by atoms with Gasteiger partial charge >= 0.3 is 0 Å². The van der Waals surface area contributed by atoms with Crippen molar-refractivity contribution in [3.05, 3.63) is 29.1 Å². The van der Waals surface area contributed by atoms with Gasteiger partial charge in [-0.25, -0.2) is 9.97 Å². The van der Waals surface area contributed by atoms with Gasteiger partial charge in [0.15, 0.2) is 5.78 Å². The van der Waals surface area contributed by atoms with E-state index >= 15 is 0 Å². The smallest absolute Gasteiger partial charge is 0.223 e. The van der Waals surface area contributed by atoms with E-state index in [1.54, 1.807) is 6.20 Å². The van der Waals surface area contributed by atoms with Crippen LogP contribution in [0.25, 0.3) is 0 Å². The number of rotatable bonds is 4. The Hall–Kier alpha value is -1.71. The Morgan fingerprint density at radius 3 is 2.79 bits per heavy atom. The molecule has 0 saturated heterocycles. The Morgan fingerprint density at radius 1 is 1.42 bits per heavy atom. The molecule has 4 nitrogen and oxygen atoms in total. The van der Waals surface area contributed by atoms with E-state index in [9.17, 15) is 4.79 Å². The maximum atomic E-state index is 11.3. The first-order valence-electron chi connectivity index (χ1n) is 6.88. The first-order valence-corrected chi connectivity index (χ1v) is 6.88. The van der Waals surface area contributed by atoms with Gasteiger partial charge < -0.3 is 5.32 Å². The number of allylic oxidation sites excluding steroid dienone is 1. The highest BCUT2D eigenvalue weighted by atomic mass is 16.1. The van der Waals surface area contributed by atoms with E-state index < -0.39 is 0 Å². The number of carbonyl (C=O) groups excluding carboxylic acids is 1. The van der Waals surface area contributed by atoms with Crippen molar-refractivity contribution >= 4 is 11.7 Å². The molecule has 1 aliphatic carbocycles. The molecule has 2 rings (SSSR count). The molecule has 4 heteroatoms. The summed E-state index contributed by atoms with van der Waals surface area (Å²) in [4.78, 5) is 19.9. The molecule has 1 aromatic heterocycles. The van der Waals surface area contributed by atoms with Gasteiger partial charge in [0.05, 0.1) is 11.3 Å². The molecule has 0 radical (unpaired) electrons. The van der Waals surface area contributed by atoms with Gasteiger partial charge in [-0.2, -0.15) is 0 Å². The van der Waals surface area contributed by atoms with Gasteiger partial charge in [0, 0.05) is 12.2 Å². The first kappa shape index (κ1) is 13.7. The number of Topliss-reactive ketones (excluding diaryl/α,β-unsaturated/α-hetero) is 1. The van der Waals surface area contributed by atoms with Gasteiger partial charge in [0.2, 0.25) is 5.95 Å². The van der Waals surface area contributed by atoms with E-state index in [0.717, 1.165) is 12.1 Å². The lowest BCUT2D eigenvalue weighted by Gasteiger charge is -2.21. The van der Waals surface area contributed by atoms with Gasteiger partial charge in [-0.3, -0.25) is 4.79 Å². The van der Waals surface area contributed by atoms with Crippen molar-refractivity contribution < 1.29 is 4.79 Å². The molecule has 0 unspecified atom stereocenters. The third-order valence-electron chi connectivity index (χ3n) is 3.59. The van der Waals surface area contributed by atoms with E-state index in [2.05, 4.69) is 28.3 Å². The number of aryl methyl sites for hydroxylation is 1. The van der Waals surface area contributed by atoms with Crippen LogP contribution >= 0.6 is 0 Å². The van der Waals surface area contributed by atoms with Crippen LogP contribution in [0.1, 0.15) is 55.6 Å². The van der Waals surface area contributed by atoms with Gasteiger partial charge in [-0.15, -0.1) is 0 Å². The summed E-state index contributed by atoms with van der Waals surface area (Å²) in [5.74, 6) is 0.605. The summed E-state index contributed by atoms with van der Waals surface area (Å²) in [5.41, 5.74) is 2.76. The molecule has 1 N–H and O–H groups in total. The minimum Gasteiger partial charge on any atom is -0.348 e. The number of ketones is 1. The van der Waals surface area contributed by atoms with Crippen LogP contribution in [0.2, 0.25) is 0 Å². The fourth-order valence-electron chi connectivity index (χ4n) is 2.42. The number of nitrogens with zero attached hydrogens (tertiary/aromatic N) is 2. The Morgan fingerprint density at radius 2 is 2.21 bits per heavy atom. The molecule has 0 amide bonds. The Kier molecular flexibility index (Phi) is 4.30. The fourth-order valence-corrected chi connectivity index (χ4v) is 2.42. The van der Waals surface area contributed by atoms with Crippen molar-refractivity contribution in [3.8, 4) is 0 Å². The molecule has 1 aromatic rings. The van der Waals surface area contributed by atoms with Crippen molar-refractivity contribution in [3.63, 3.8) is 0 Å². The van der Waals surface area contributed by atoms with Crippen molar-refractivity contribution in [1.29, 1.82) is 0 Å². The minimum atomic E-state index is 0.00656. The van der Waals surface area contributed by atoms with Crippen molar-refractivity contribution in [2.75, 3.05) is 5.32 Å². The molecule has 0 aromatic carbocycles. The minimum absolute atomic E-state index is 0.00656. The molecule has 1 aliphatic rings. The average Bonchev–Trinajstić information content (AvgIpc) is 2.39. The van der Waals surface area contributed by atoms with Gasteiger partial charge in [0.1, 0.15) is 0 Å². The summed E-state index contributed by atoms with van der Waals surface area (Å²) in [6.07, 6.45) is 8.80. The number of hydrogen-bond acceptors (Lipinski definition) is 4. The summed E-state index contributed by atoms with van der Waals surface area (Å²) in [6, 6.07) is 0.253. The largest absolute Gasteiger partial charge is 0.348 e. The van der Waals surface area contributed by atoms with Crippen molar-refractivity contribution in [2.45, 2.75) is 52.5 Å². The average molecular weight is 259 g/mol. The normalized spacial score (nSPS) is 16.7. The van der Waals surface area contributed by atoms with Crippen molar-refractivity contribution in [2.24, 2.45) is 0 Å². The van der Waals surface area contributed by atoms with Crippen LogP contribution in [-0.4, -0.2) is 21.8 Å². The Bertz CT molecular complexity index is 508. The molecule has 102 valence electrons. The van der Waals surface area contributed by atoms with Crippen LogP contribution in [0.15, 0.2) is 17.8 Å². The zero-order valence-corrected chi connectivity index (χ0v) is 11.9. The molecule has 1 atom stereocenters. The molecular formula is C15H21N3O. The molecule has 0 fully saturated rings. The predicted molar refractivity (Wildman–Crippen MR) is 76.4 cm³/mol. The SMILES string of the molecule is CC(=O)c1cnc(N[C@@H](C)C2=CCCCC2)nc1C. The maximum Gasteiger partial charge on any atom is 0.223 e. The summed E-state index contributed by atoms with van der Waals surface area (Å²) in [5, 5.41) is 3.32. The monoisotopic (exact) mass is 259 g/mol. The van der Waals surface area contributed by atoms with Crippen LogP contribution in [0.4, 0.5) is 5.95 Å². The van der Waals surface area contributed by atoms with Crippen LogP contribution in [0.5, 0.6) is 0 Å². The summed E-state index contributed by atoms with van der Waals surface area (Å²) < 4.78 is 0. The summed E-state index contributed by atoms with van der Waals surface area (Å²) >= 11 is 0. The van der Waals surface area contributed by atoms with Gasteiger partial charge in [0.25, 0.3) is 0 Å². The molecule has 0 spiro atoms. The molecule has 0 saturated carbocycles. The lowest BCUT2D eigenvalue weighted by Crippen LogP contribution is -2.21. The van der Waals surface area contributed by atoms with E-state index in [4.69, 9.17) is 0 Å². The zero-order chi connectivity index (χ0) is 13.8. The maximum absolute atomic E-state index is 11.3. The lowest BCUT2D eigenvalue weighted by molar-refractivity contribution is 0.101. The molecule has 0 aliphatic heterocycles. The first-order chi connectivity index (χ1) is 9.08. The van der Waals surface area contributed by atoms with Crippen LogP contribution < -0.4 is 5.32 Å². The third-order valence-corrected chi connectivity index (χ3v) is 3.59. The zero-order valence-electron chi connectivity index (χ0n) is 11.9. The number of hydrogen-bond donors (Lipinski definition) is 1. The highest BCUT2D eigenvalue weighted by Gasteiger charge is 2.13. The second kappa shape index (κ2) is 5.95. The Balaban J connectivity index is 2.09. The molecular weight excluding hydrogens is 238 g/mol. The molecule has 0 bridgehead atoms. The highest BCUT2D eigenvalue weighted by molar-refractivity contribution is 5.94. The molecule has 1 heterocycles. The van der Waals surface area contributed by atoms with E-state index in [1.807, 2.05) is 6.92 Å². The fraction of sp³-hybridized carbons (Fsp3) is 0.533. The number of aromatic nitrogens is 2. The second-order valence-electron chi connectivity index (χ2n) is 5.14. The highest BCUT2D eigenvalue weighted by Crippen LogP contribution is 2.21. The summed E-state index contributed by atoms with van der Waals surface area (Å²) in [6.45, 7) is 5.51. The Labute approximate surface area is 114 Å². The van der Waals surface area contributed by atoms with Gasteiger partial charge in [-0.05, 0) is 46.5 Å². The van der Waals surface area contributed by atoms with Crippen LogP contribution in [-0.2, 0) is 0 Å². The quantitative estimate of drug-likeness (QED) is 0.666. The lowest BCUT2D eigenvalue weighted by atomic mass is 9.95. The van der Waals surface area contributed by atoms with E-state index in [0.29, 0.717) is 11.5 Å². The van der Waals surface area contributed by atoms with E-state index in [-0.39, 0.29) is 11.8 Å². The number of anilines is 1. The number of nitrogens with one attached hydrogen (secondary N) is 1. The summed E-state index contributed by atoms with van der Waals surface area (Å²) in [7, 11) is 0. The molecule has 19 heavy (non-hydrogen) atoms. The predicted octanol–water partition coefficient (Wildman–Crippen LogP) is 3.29. The van der Waals surface area contributed by atoms with Gasteiger partial charge in [-0.1, -0.05) is 11.6 Å². The second-order valence-corrected chi connectivity index (χ2v) is 5.14.